The SMILES string of the molecule is CC(C1CC1)N(C)C(=O)NCCOc1ccc(Cl)cc1. The smallest absolute Gasteiger partial charge is 0.317 e. The average Bonchev–Trinajstić information content (AvgIpc) is 3.28. The molecule has 0 radical (unpaired) electrons. The molecule has 5 heteroatoms. The van der Waals surface area contributed by atoms with Crippen molar-refractivity contribution in [3.8, 4) is 5.75 Å². The van der Waals surface area contributed by atoms with Crippen molar-refractivity contribution < 1.29 is 9.53 Å². The molecule has 4 nitrogen and oxygen atoms in total. The molecule has 20 heavy (non-hydrogen) atoms. The lowest BCUT2D eigenvalue weighted by atomic mass is 10.2. The van der Waals surface area contributed by atoms with Crippen LogP contribution in [0.3, 0.4) is 0 Å². The molecule has 2 rings (SSSR count). The van der Waals surface area contributed by atoms with E-state index in [2.05, 4.69) is 12.2 Å². The molecule has 0 saturated heterocycles. The van der Waals surface area contributed by atoms with E-state index in [1.54, 1.807) is 17.0 Å². The van der Waals surface area contributed by atoms with Gasteiger partial charge in [0.15, 0.2) is 0 Å². The van der Waals surface area contributed by atoms with Gasteiger partial charge in [0, 0.05) is 18.1 Å². The molecule has 0 aromatic heterocycles. The summed E-state index contributed by atoms with van der Waals surface area (Å²) in [7, 11) is 1.85. The van der Waals surface area contributed by atoms with Crippen molar-refractivity contribution in [3.63, 3.8) is 0 Å². The number of nitrogens with one attached hydrogen (secondary N) is 1. The van der Waals surface area contributed by atoms with E-state index in [9.17, 15) is 4.79 Å². The molecule has 1 atom stereocenters. The minimum absolute atomic E-state index is 0.0379. The Balaban J connectivity index is 1.64. The monoisotopic (exact) mass is 296 g/mol. The maximum absolute atomic E-state index is 11.9. The summed E-state index contributed by atoms with van der Waals surface area (Å²) in [5, 5.41) is 3.55. The van der Waals surface area contributed by atoms with Crippen LogP contribution in [-0.2, 0) is 0 Å². The van der Waals surface area contributed by atoms with Gasteiger partial charge in [-0.1, -0.05) is 11.6 Å². The third-order valence-electron chi connectivity index (χ3n) is 3.70. The van der Waals surface area contributed by atoms with Crippen molar-refractivity contribution in [1.82, 2.24) is 10.2 Å². The summed E-state index contributed by atoms with van der Waals surface area (Å²) in [6.45, 7) is 3.03. The lowest BCUT2D eigenvalue weighted by molar-refractivity contribution is 0.185. The van der Waals surface area contributed by atoms with Crippen LogP contribution >= 0.6 is 11.6 Å². The van der Waals surface area contributed by atoms with Gasteiger partial charge in [-0.05, 0) is 49.9 Å². The standard InChI is InChI=1S/C15H21ClN2O2/c1-11(12-3-4-12)18(2)15(19)17-9-10-20-14-7-5-13(16)6-8-14/h5-8,11-12H,3-4,9-10H2,1-2H3,(H,17,19). The maximum atomic E-state index is 11.9. The molecule has 1 saturated carbocycles. The zero-order valence-corrected chi connectivity index (χ0v) is 12.7. The Kier molecular flexibility index (Phi) is 5.12. The summed E-state index contributed by atoms with van der Waals surface area (Å²) >= 11 is 5.79. The number of hydrogen-bond acceptors (Lipinski definition) is 2. The molecule has 0 bridgehead atoms. The minimum atomic E-state index is -0.0379. The number of hydrogen-bond donors (Lipinski definition) is 1. The Morgan fingerprint density at radius 2 is 2.10 bits per heavy atom. The second-order valence-corrected chi connectivity index (χ2v) is 5.66. The largest absolute Gasteiger partial charge is 0.492 e. The van der Waals surface area contributed by atoms with E-state index in [-0.39, 0.29) is 6.03 Å². The van der Waals surface area contributed by atoms with Crippen LogP contribution in [0.25, 0.3) is 0 Å². The van der Waals surface area contributed by atoms with E-state index in [4.69, 9.17) is 16.3 Å². The third-order valence-corrected chi connectivity index (χ3v) is 3.95. The number of halogens is 1. The molecule has 1 fully saturated rings. The molecule has 1 aliphatic carbocycles. The first-order chi connectivity index (χ1) is 9.58. The van der Waals surface area contributed by atoms with Crippen LogP contribution in [0.1, 0.15) is 19.8 Å². The molecule has 1 aromatic rings. The van der Waals surface area contributed by atoms with Gasteiger partial charge < -0.3 is 15.0 Å². The van der Waals surface area contributed by atoms with Crippen LogP contribution < -0.4 is 10.1 Å². The fourth-order valence-corrected chi connectivity index (χ4v) is 2.19. The van der Waals surface area contributed by atoms with Crippen LogP contribution in [0.2, 0.25) is 5.02 Å². The topological polar surface area (TPSA) is 41.6 Å². The summed E-state index contributed by atoms with van der Waals surface area (Å²) in [5.41, 5.74) is 0. The molecule has 1 aliphatic rings. The molecule has 1 unspecified atom stereocenters. The lowest BCUT2D eigenvalue weighted by Gasteiger charge is -2.25. The predicted octanol–water partition coefficient (Wildman–Crippen LogP) is 3.16. The first-order valence-corrected chi connectivity index (χ1v) is 7.34. The van der Waals surface area contributed by atoms with Gasteiger partial charge in [-0.25, -0.2) is 4.79 Å². The number of nitrogens with zero attached hydrogens (tertiary/aromatic N) is 1. The van der Waals surface area contributed by atoms with Gasteiger partial charge in [-0.3, -0.25) is 0 Å². The fourth-order valence-electron chi connectivity index (χ4n) is 2.06. The van der Waals surface area contributed by atoms with E-state index < -0.39 is 0 Å². The van der Waals surface area contributed by atoms with Gasteiger partial charge >= 0.3 is 6.03 Å². The van der Waals surface area contributed by atoms with Gasteiger partial charge in [0.1, 0.15) is 12.4 Å². The second kappa shape index (κ2) is 6.84. The highest BCUT2D eigenvalue weighted by Gasteiger charge is 2.32. The molecule has 1 N–H and O–H groups in total. The van der Waals surface area contributed by atoms with E-state index in [0.29, 0.717) is 30.1 Å². The van der Waals surface area contributed by atoms with E-state index in [1.807, 2.05) is 19.2 Å². The van der Waals surface area contributed by atoms with Crippen LogP contribution in [0.15, 0.2) is 24.3 Å². The highest BCUT2D eigenvalue weighted by atomic mass is 35.5. The molecule has 0 heterocycles. The summed E-state index contributed by atoms with van der Waals surface area (Å²) in [5.74, 6) is 1.43. The Hall–Kier alpha value is -1.42. The van der Waals surface area contributed by atoms with E-state index in [1.165, 1.54) is 12.8 Å². The second-order valence-electron chi connectivity index (χ2n) is 5.22. The minimum Gasteiger partial charge on any atom is -0.492 e. The highest BCUT2D eigenvalue weighted by molar-refractivity contribution is 6.30. The van der Waals surface area contributed by atoms with Crippen LogP contribution in [0, 0.1) is 5.92 Å². The Labute approximate surface area is 125 Å². The van der Waals surface area contributed by atoms with Gasteiger partial charge in [-0.15, -0.1) is 0 Å². The van der Waals surface area contributed by atoms with Gasteiger partial charge in [0.2, 0.25) is 0 Å². The third kappa shape index (κ3) is 4.30. The quantitative estimate of drug-likeness (QED) is 0.819. The Bertz CT molecular complexity index is 446. The maximum Gasteiger partial charge on any atom is 0.317 e. The van der Waals surface area contributed by atoms with Crippen LogP contribution in [0.5, 0.6) is 5.75 Å². The average molecular weight is 297 g/mol. The summed E-state index contributed by atoms with van der Waals surface area (Å²) < 4.78 is 5.52. The number of benzene rings is 1. The van der Waals surface area contributed by atoms with Crippen LogP contribution in [0.4, 0.5) is 4.79 Å². The van der Waals surface area contributed by atoms with E-state index >= 15 is 0 Å². The number of carbonyl (C=O) groups is 1. The zero-order chi connectivity index (χ0) is 14.5. The molecule has 0 aliphatic heterocycles. The van der Waals surface area contributed by atoms with Crippen molar-refractivity contribution >= 4 is 17.6 Å². The van der Waals surface area contributed by atoms with Gasteiger partial charge in [0.25, 0.3) is 0 Å². The molecular weight excluding hydrogens is 276 g/mol. The molecule has 110 valence electrons. The summed E-state index contributed by atoms with van der Waals surface area (Å²) in [6, 6.07) is 7.45. The van der Waals surface area contributed by atoms with Crippen LogP contribution in [-0.4, -0.2) is 37.2 Å². The summed E-state index contributed by atoms with van der Waals surface area (Å²) in [6.07, 6.45) is 2.47. The van der Waals surface area contributed by atoms with Gasteiger partial charge in [0.05, 0.1) is 6.54 Å². The number of ether oxygens (including phenoxy) is 1. The Morgan fingerprint density at radius 3 is 2.70 bits per heavy atom. The Morgan fingerprint density at radius 1 is 1.45 bits per heavy atom. The normalized spacial score (nSPS) is 15.6. The zero-order valence-electron chi connectivity index (χ0n) is 11.9. The molecule has 1 aromatic carbocycles. The number of amides is 2. The predicted molar refractivity (Wildman–Crippen MR) is 80.3 cm³/mol. The number of urea groups is 1. The lowest BCUT2D eigenvalue weighted by Crippen LogP contribution is -2.44. The van der Waals surface area contributed by atoms with Crippen molar-refractivity contribution in [2.24, 2.45) is 5.92 Å². The molecule has 2 amide bonds. The van der Waals surface area contributed by atoms with Crippen molar-refractivity contribution in [2.75, 3.05) is 20.2 Å². The first-order valence-electron chi connectivity index (χ1n) is 6.97. The van der Waals surface area contributed by atoms with Crippen molar-refractivity contribution in [2.45, 2.75) is 25.8 Å². The first kappa shape index (κ1) is 15.0. The number of rotatable bonds is 6. The van der Waals surface area contributed by atoms with Gasteiger partial charge in [-0.2, -0.15) is 0 Å². The fraction of sp³-hybridized carbons (Fsp3) is 0.533. The van der Waals surface area contributed by atoms with Crippen molar-refractivity contribution in [3.05, 3.63) is 29.3 Å². The van der Waals surface area contributed by atoms with Crippen molar-refractivity contribution in [1.29, 1.82) is 0 Å². The summed E-state index contributed by atoms with van der Waals surface area (Å²) in [4.78, 5) is 13.7. The van der Waals surface area contributed by atoms with E-state index in [0.717, 1.165) is 5.75 Å². The molecule has 0 spiro atoms. The highest BCUT2D eigenvalue weighted by Crippen LogP contribution is 2.34. The molecular formula is C15H21ClN2O2. The number of carbonyl (C=O) groups excluding carboxylic acids is 1.